The van der Waals surface area contributed by atoms with Crippen molar-refractivity contribution in [1.82, 2.24) is 10.6 Å². The van der Waals surface area contributed by atoms with Gasteiger partial charge in [-0.1, -0.05) is 30.3 Å². The summed E-state index contributed by atoms with van der Waals surface area (Å²) in [7, 11) is 1.32. The van der Waals surface area contributed by atoms with E-state index in [0.717, 1.165) is 5.56 Å². The predicted octanol–water partition coefficient (Wildman–Crippen LogP) is 1.07. The van der Waals surface area contributed by atoms with Crippen molar-refractivity contribution in [3.05, 3.63) is 35.9 Å². The van der Waals surface area contributed by atoms with Gasteiger partial charge in [0.25, 0.3) is 6.02 Å². The van der Waals surface area contributed by atoms with Crippen LogP contribution in [-0.2, 0) is 11.3 Å². The van der Waals surface area contributed by atoms with E-state index < -0.39 is 6.03 Å². The van der Waals surface area contributed by atoms with E-state index in [4.69, 9.17) is 5.41 Å². The van der Waals surface area contributed by atoms with E-state index in [1.165, 1.54) is 7.11 Å². The van der Waals surface area contributed by atoms with Gasteiger partial charge in [0.05, 0.1) is 7.11 Å². The first kappa shape index (κ1) is 11.0. The van der Waals surface area contributed by atoms with Gasteiger partial charge >= 0.3 is 6.03 Å². The fourth-order valence-corrected chi connectivity index (χ4v) is 0.977. The van der Waals surface area contributed by atoms with Crippen molar-refractivity contribution < 1.29 is 9.53 Å². The summed E-state index contributed by atoms with van der Waals surface area (Å²) in [6, 6.07) is 8.78. The van der Waals surface area contributed by atoms with Crippen LogP contribution in [0.1, 0.15) is 5.56 Å². The first-order valence-electron chi connectivity index (χ1n) is 4.43. The van der Waals surface area contributed by atoms with Gasteiger partial charge in [0.2, 0.25) is 0 Å². The second kappa shape index (κ2) is 5.64. The highest BCUT2D eigenvalue weighted by Crippen LogP contribution is 1.96. The molecule has 0 saturated heterocycles. The Bertz CT molecular complexity index is 338. The van der Waals surface area contributed by atoms with Crippen LogP contribution in [0.5, 0.6) is 0 Å². The van der Waals surface area contributed by atoms with Crippen LogP contribution in [0.15, 0.2) is 30.3 Å². The Morgan fingerprint density at radius 1 is 1.40 bits per heavy atom. The molecule has 0 bridgehead atoms. The number of amidine groups is 1. The Morgan fingerprint density at radius 3 is 2.67 bits per heavy atom. The van der Waals surface area contributed by atoms with Crippen molar-refractivity contribution in [1.29, 1.82) is 5.41 Å². The van der Waals surface area contributed by atoms with E-state index >= 15 is 0 Å². The highest BCUT2D eigenvalue weighted by molar-refractivity contribution is 5.91. The number of nitrogens with one attached hydrogen (secondary N) is 3. The average Bonchev–Trinajstić information content (AvgIpc) is 2.27. The molecule has 0 spiro atoms. The van der Waals surface area contributed by atoms with Crippen LogP contribution < -0.4 is 10.6 Å². The third-order valence-corrected chi connectivity index (χ3v) is 1.73. The Morgan fingerprint density at radius 2 is 2.07 bits per heavy atom. The molecule has 5 nitrogen and oxygen atoms in total. The summed E-state index contributed by atoms with van der Waals surface area (Å²) in [6.45, 7) is 0.420. The van der Waals surface area contributed by atoms with Crippen LogP contribution in [0.2, 0.25) is 0 Å². The minimum atomic E-state index is -0.453. The van der Waals surface area contributed by atoms with Gasteiger partial charge in [-0.25, -0.2) is 4.79 Å². The van der Waals surface area contributed by atoms with Gasteiger partial charge in [-0.2, -0.15) is 0 Å². The Balaban J connectivity index is 2.32. The summed E-state index contributed by atoms with van der Waals surface area (Å²) in [5.74, 6) is 0. The molecule has 0 saturated carbocycles. The minimum Gasteiger partial charge on any atom is -0.468 e. The van der Waals surface area contributed by atoms with Crippen molar-refractivity contribution in [3.8, 4) is 0 Å². The zero-order valence-electron chi connectivity index (χ0n) is 8.41. The lowest BCUT2D eigenvalue weighted by Crippen LogP contribution is -2.39. The maximum atomic E-state index is 11.1. The zero-order chi connectivity index (χ0) is 11.1. The fourth-order valence-electron chi connectivity index (χ4n) is 0.977. The molecule has 0 atom stereocenters. The summed E-state index contributed by atoms with van der Waals surface area (Å²) in [5.41, 5.74) is 0.997. The van der Waals surface area contributed by atoms with Crippen molar-refractivity contribution in [2.75, 3.05) is 7.11 Å². The van der Waals surface area contributed by atoms with Crippen molar-refractivity contribution in [2.45, 2.75) is 6.54 Å². The molecule has 1 aromatic rings. The number of amides is 2. The van der Waals surface area contributed by atoms with E-state index in [9.17, 15) is 4.79 Å². The van der Waals surface area contributed by atoms with Crippen LogP contribution in [0.25, 0.3) is 0 Å². The summed E-state index contributed by atoms with van der Waals surface area (Å²) in [6.07, 6.45) is 0. The molecular formula is C10H13N3O2. The molecule has 0 unspecified atom stereocenters. The molecule has 0 heterocycles. The molecule has 1 aromatic carbocycles. The lowest BCUT2D eigenvalue weighted by molar-refractivity contribution is 0.241. The average molecular weight is 207 g/mol. The molecule has 0 aromatic heterocycles. The van der Waals surface area contributed by atoms with Crippen molar-refractivity contribution in [3.63, 3.8) is 0 Å². The molecule has 0 aliphatic heterocycles. The van der Waals surface area contributed by atoms with Crippen LogP contribution in [0, 0.1) is 5.41 Å². The summed E-state index contributed by atoms with van der Waals surface area (Å²) >= 11 is 0. The molecule has 0 aliphatic carbocycles. The van der Waals surface area contributed by atoms with E-state index in [2.05, 4.69) is 15.4 Å². The van der Waals surface area contributed by atoms with Gasteiger partial charge < -0.3 is 10.1 Å². The highest BCUT2D eigenvalue weighted by Gasteiger charge is 2.02. The number of methoxy groups -OCH3 is 1. The predicted molar refractivity (Wildman–Crippen MR) is 56.5 cm³/mol. The number of hydrogen-bond donors (Lipinski definition) is 3. The van der Waals surface area contributed by atoms with E-state index in [0.29, 0.717) is 6.54 Å². The zero-order valence-corrected chi connectivity index (χ0v) is 8.41. The quantitative estimate of drug-likeness (QED) is 0.501. The van der Waals surface area contributed by atoms with Gasteiger partial charge in [0.15, 0.2) is 0 Å². The largest absolute Gasteiger partial charge is 0.468 e. The second-order valence-electron chi connectivity index (χ2n) is 2.83. The maximum Gasteiger partial charge on any atom is 0.323 e. The van der Waals surface area contributed by atoms with Crippen molar-refractivity contribution >= 4 is 12.1 Å². The van der Waals surface area contributed by atoms with Crippen LogP contribution >= 0.6 is 0 Å². The van der Waals surface area contributed by atoms with Crippen LogP contribution in [-0.4, -0.2) is 19.2 Å². The van der Waals surface area contributed by atoms with Gasteiger partial charge in [-0.3, -0.25) is 10.7 Å². The molecule has 80 valence electrons. The standard InChI is InChI=1S/C10H13N3O2/c1-15-9(11)13-10(14)12-7-8-5-3-2-4-6-8/h2-6H,7H2,1H3,(H3,11,12,13,14). The van der Waals surface area contributed by atoms with E-state index in [1.807, 2.05) is 30.3 Å². The third kappa shape index (κ3) is 4.12. The Labute approximate surface area is 88.0 Å². The van der Waals surface area contributed by atoms with Gasteiger partial charge in [-0.15, -0.1) is 0 Å². The topological polar surface area (TPSA) is 74.2 Å². The normalized spacial score (nSPS) is 9.13. The summed E-state index contributed by atoms with van der Waals surface area (Å²) in [4.78, 5) is 11.1. The second-order valence-corrected chi connectivity index (χ2v) is 2.83. The number of rotatable bonds is 2. The monoisotopic (exact) mass is 207 g/mol. The number of carbonyl (C=O) groups is 1. The SMILES string of the molecule is COC(=N)NC(=O)NCc1ccccc1. The highest BCUT2D eigenvalue weighted by atomic mass is 16.5. The van der Waals surface area contributed by atoms with Gasteiger partial charge in [-0.05, 0) is 5.56 Å². The van der Waals surface area contributed by atoms with Crippen LogP contribution in [0.3, 0.4) is 0 Å². The number of hydrogen-bond acceptors (Lipinski definition) is 3. The smallest absolute Gasteiger partial charge is 0.323 e. The number of ether oxygens (including phenoxy) is 1. The Hall–Kier alpha value is -2.04. The molecule has 1 rings (SSSR count). The molecule has 0 radical (unpaired) electrons. The molecule has 15 heavy (non-hydrogen) atoms. The van der Waals surface area contributed by atoms with Crippen molar-refractivity contribution in [2.24, 2.45) is 0 Å². The molecule has 5 heteroatoms. The number of urea groups is 1. The maximum absolute atomic E-state index is 11.1. The van der Waals surface area contributed by atoms with Gasteiger partial charge in [0.1, 0.15) is 0 Å². The first-order valence-corrected chi connectivity index (χ1v) is 4.43. The lowest BCUT2D eigenvalue weighted by Gasteiger charge is -2.06. The van der Waals surface area contributed by atoms with Crippen LogP contribution in [0.4, 0.5) is 4.79 Å². The molecule has 0 aliphatic rings. The summed E-state index contributed by atoms with van der Waals surface area (Å²) < 4.78 is 4.48. The number of carbonyl (C=O) groups excluding carboxylic acids is 1. The first-order chi connectivity index (χ1) is 7.22. The minimum absolute atomic E-state index is 0.277. The van der Waals surface area contributed by atoms with E-state index in [-0.39, 0.29) is 6.02 Å². The fraction of sp³-hybridized carbons (Fsp3) is 0.200. The molecule has 0 fully saturated rings. The third-order valence-electron chi connectivity index (χ3n) is 1.73. The molecule has 2 amide bonds. The molecular weight excluding hydrogens is 194 g/mol. The van der Waals surface area contributed by atoms with E-state index in [1.54, 1.807) is 0 Å². The lowest BCUT2D eigenvalue weighted by atomic mass is 10.2. The summed E-state index contributed by atoms with van der Waals surface area (Å²) in [5, 5.41) is 11.9. The Kier molecular flexibility index (Phi) is 4.15. The van der Waals surface area contributed by atoms with Gasteiger partial charge in [0, 0.05) is 6.54 Å². The number of benzene rings is 1. The molecule has 3 N–H and O–H groups in total.